The Labute approximate surface area is 162 Å². The van der Waals surface area contributed by atoms with E-state index in [-0.39, 0.29) is 5.91 Å². The van der Waals surface area contributed by atoms with Crippen molar-refractivity contribution in [2.75, 3.05) is 27.3 Å². The second-order valence-corrected chi connectivity index (χ2v) is 7.20. The van der Waals surface area contributed by atoms with Gasteiger partial charge in [-0.2, -0.15) is 0 Å². The van der Waals surface area contributed by atoms with Crippen LogP contribution in [0.4, 0.5) is 0 Å². The van der Waals surface area contributed by atoms with Gasteiger partial charge in [0.15, 0.2) is 11.5 Å². The number of carbonyl (C=O) groups excluding carboxylic acids is 1. The van der Waals surface area contributed by atoms with Gasteiger partial charge >= 0.3 is 0 Å². The van der Waals surface area contributed by atoms with Gasteiger partial charge in [0.25, 0.3) is 0 Å². The van der Waals surface area contributed by atoms with Crippen molar-refractivity contribution < 1.29 is 14.3 Å². The molecule has 3 rings (SSSR count). The molecule has 1 aliphatic rings. The molecule has 0 aliphatic carbocycles. The van der Waals surface area contributed by atoms with Crippen molar-refractivity contribution in [2.45, 2.75) is 32.1 Å². The van der Waals surface area contributed by atoms with Gasteiger partial charge in [0.1, 0.15) is 0 Å². The van der Waals surface area contributed by atoms with Gasteiger partial charge in [-0.05, 0) is 54.9 Å². The van der Waals surface area contributed by atoms with E-state index in [2.05, 4.69) is 30.3 Å². The molecule has 4 heteroatoms. The van der Waals surface area contributed by atoms with Crippen LogP contribution < -0.4 is 9.47 Å². The Morgan fingerprint density at radius 2 is 1.67 bits per heavy atom. The summed E-state index contributed by atoms with van der Waals surface area (Å²) in [5, 5.41) is 0. The van der Waals surface area contributed by atoms with Crippen LogP contribution in [0.15, 0.2) is 48.5 Å². The van der Waals surface area contributed by atoms with Gasteiger partial charge in [-0.25, -0.2) is 0 Å². The lowest BCUT2D eigenvalue weighted by Crippen LogP contribution is -2.39. The molecule has 1 aliphatic heterocycles. The number of amides is 1. The van der Waals surface area contributed by atoms with Crippen LogP contribution in [0.5, 0.6) is 11.5 Å². The number of benzene rings is 2. The van der Waals surface area contributed by atoms with Crippen molar-refractivity contribution in [1.29, 1.82) is 0 Å². The first-order valence-corrected chi connectivity index (χ1v) is 9.72. The van der Waals surface area contributed by atoms with E-state index >= 15 is 0 Å². The SMILES string of the molecule is COc1ccc(CCC(=O)N2CCC(Cc3ccccc3)CC2)cc1OC. The standard InChI is InChI=1S/C23H29NO3/c1-26-21-10-8-19(17-22(21)27-2)9-11-23(25)24-14-12-20(13-15-24)16-18-6-4-3-5-7-18/h3-8,10,17,20H,9,11-16H2,1-2H3. The van der Waals surface area contributed by atoms with Crippen molar-refractivity contribution in [1.82, 2.24) is 4.90 Å². The normalized spacial score (nSPS) is 14.8. The molecule has 2 aromatic rings. The summed E-state index contributed by atoms with van der Waals surface area (Å²) in [4.78, 5) is 14.6. The van der Waals surface area contributed by atoms with Crippen LogP contribution in [-0.4, -0.2) is 38.1 Å². The minimum atomic E-state index is 0.253. The molecule has 2 aromatic carbocycles. The molecule has 0 unspecified atom stereocenters. The second-order valence-electron chi connectivity index (χ2n) is 7.20. The maximum absolute atomic E-state index is 12.6. The van der Waals surface area contributed by atoms with Crippen LogP contribution in [0.2, 0.25) is 0 Å². The highest BCUT2D eigenvalue weighted by Gasteiger charge is 2.22. The van der Waals surface area contributed by atoms with Crippen molar-refractivity contribution in [3.63, 3.8) is 0 Å². The minimum Gasteiger partial charge on any atom is -0.493 e. The molecule has 0 N–H and O–H groups in total. The van der Waals surface area contributed by atoms with Crippen LogP contribution in [0.25, 0.3) is 0 Å². The molecule has 1 saturated heterocycles. The fourth-order valence-electron chi connectivity index (χ4n) is 3.78. The monoisotopic (exact) mass is 367 g/mol. The van der Waals surface area contributed by atoms with Crippen LogP contribution in [0.1, 0.15) is 30.4 Å². The van der Waals surface area contributed by atoms with Crippen LogP contribution in [-0.2, 0) is 17.6 Å². The third-order valence-corrected chi connectivity index (χ3v) is 5.41. The molecule has 0 spiro atoms. The summed E-state index contributed by atoms with van der Waals surface area (Å²) in [7, 11) is 3.26. The molecular formula is C23H29NO3. The summed E-state index contributed by atoms with van der Waals surface area (Å²) in [6.45, 7) is 1.75. The summed E-state index contributed by atoms with van der Waals surface area (Å²) in [6, 6.07) is 16.5. The van der Waals surface area contributed by atoms with Gasteiger partial charge < -0.3 is 14.4 Å². The van der Waals surface area contributed by atoms with Gasteiger partial charge in [-0.1, -0.05) is 36.4 Å². The van der Waals surface area contributed by atoms with Gasteiger partial charge in [0.2, 0.25) is 5.91 Å². The molecule has 0 radical (unpaired) electrons. The van der Waals surface area contributed by atoms with E-state index in [1.807, 2.05) is 23.1 Å². The molecule has 0 bridgehead atoms. The first-order chi connectivity index (χ1) is 13.2. The molecule has 0 aromatic heterocycles. The fraction of sp³-hybridized carbons (Fsp3) is 0.435. The second kappa shape index (κ2) is 9.45. The maximum atomic E-state index is 12.6. The molecule has 1 fully saturated rings. The highest BCUT2D eigenvalue weighted by atomic mass is 16.5. The largest absolute Gasteiger partial charge is 0.493 e. The Morgan fingerprint density at radius 1 is 0.963 bits per heavy atom. The Morgan fingerprint density at radius 3 is 2.33 bits per heavy atom. The molecular weight excluding hydrogens is 338 g/mol. The lowest BCUT2D eigenvalue weighted by molar-refractivity contribution is -0.132. The van der Waals surface area contributed by atoms with E-state index in [0.717, 1.165) is 44.3 Å². The number of methoxy groups -OCH3 is 2. The van der Waals surface area contributed by atoms with E-state index in [9.17, 15) is 4.79 Å². The molecule has 0 saturated carbocycles. The number of rotatable bonds is 7. The number of carbonyl (C=O) groups is 1. The Hall–Kier alpha value is -2.49. The first-order valence-electron chi connectivity index (χ1n) is 9.72. The van der Waals surface area contributed by atoms with E-state index < -0.39 is 0 Å². The van der Waals surface area contributed by atoms with Gasteiger partial charge in [-0.15, -0.1) is 0 Å². The number of likely N-dealkylation sites (tertiary alicyclic amines) is 1. The van der Waals surface area contributed by atoms with Crippen LogP contribution in [0, 0.1) is 5.92 Å². The molecule has 4 nitrogen and oxygen atoms in total. The smallest absolute Gasteiger partial charge is 0.222 e. The number of hydrogen-bond donors (Lipinski definition) is 0. The quantitative estimate of drug-likeness (QED) is 0.739. The van der Waals surface area contributed by atoms with Crippen molar-refractivity contribution in [3.8, 4) is 11.5 Å². The van der Waals surface area contributed by atoms with E-state index in [1.165, 1.54) is 5.56 Å². The summed E-state index contributed by atoms with van der Waals surface area (Å²) in [5.41, 5.74) is 2.50. The molecule has 0 atom stereocenters. The summed E-state index contributed by atoms with van der Waals surface area (Å²) in [6.07, 6.45) is 4.57. The maximum Gasteiger partial charge on any atom is 0.222 e. The van der Waals surface area contributed by atoms with Gasteiger partial charge in [0.05, 0.1) is 14.2 Å². The van der Waals surface area contributed by atoms with Crippen molar-refractivity contribution in [2.24, 2.45) is 5.92 Å². The Kier molecular flexibility index (Phi) is 6.74. The summed E-state index contributed by atoms with van der Waals surface area (Å²) >= 11 is 0. The van der Waals surface area contributed by atoms with Crippen molar-refractivity contribution in [3.05, 3.63) is 59.7 Å². The summed E-state index contributed by atoms with van der Waals surface area (Å²) in [5.74, 6) is 2.36. The number of nitrogens with zero attached hydrogens (tertiary/aromatic N) is 1. The zero-order chi connectivity index (χ0) is 19.1. The lowest BCUT2D eigenvalue weighted by atomic mass is 9.90. The number of aryl methyl sites for hydroxylation is 1. The highest BCUT2D eigenvalue weighted by Crippen LogP contribution is 2.28. The lowest BCUT2D eigenvalue weighted by Gasteiger charge is -2.32. The average Bonchev–Trinajstić information content (AvgIpc) is 2.73. The Bertz CT molecular complexity index is 737. The highest BCUT2D eigenvalue weighted by molar-refractivity contribution is 5.76. The van der Waals surface area contributed by atoms with Crippen LogP contribution >= 0.6 is 0 Å². The zero-order valence-corrected chi connectivity index (χ0v) is 16.3. The Balaban J connectivity index is 1.46. The van der Waals surface area contributed by atoms with Crippen LogP contribution in [0.3, 0.4) is 0 Å². The van der Waals surface area contributed by atoms with E-state index in [4.69, 9.17) is 9.47 Å². The van der Waals surface area contributed by atoms with Crippen molar-refractivity contribution >= 4 is 5.91 Å². The fourth-order valence-corrected chi connectivity index (χ4v) is 3.78. The average molecular weight is 367 g/mol. The van der Waals surface area contributed by atoms with Gasteiger partial charge in [-0.3, -0.25) is 4.79 Å². The third kappa shape index (κ3) is 5.25. The molecule has 27 heavy (non-hydrogen) atoms. The number of ether oxygens (including phenoxy) is 2. The zero-order valence-electron chi connectivity index (χ0n) is 16.3. The molecule has 1 amide bonds. The number of hydrogen-bond acceptors (Lipinski definition) is 3. The van der Waals surface area contributed by atoms with E-state index in [1.54, 1.807) is 14.2 Å². The van der Waals surface area contributed by atoms with Gasteiger partial charge in [0, 0.05) is 19.5 Å². The summed E-state index contributed by atoms with van der Waals surface area (Å²) < 4.78 is 10.6. The first kappa shape index (κ1) is 19.3. The third-order valence-electron chi connectivity index (χ3n) is 5.41. The van der Waals surface area contributed by atoms with E-state index in [0.29, 0.717) is 23.8 Å². The predicted molar refractivity (Wildman–Crippen MR) is 107 cm³/mol. The topological polar surface area (TPSA) is 38.8 Å². The molecule has 1 heterocycles. The number of piperidine rings is 1. The minimum absolute atomic E-state index is 0.253. The predicted octanol–water partition coefficient (Wildman–Crippen LogP) is 4.12. The molecule has 144 valence electrons.